The largest absolute Gasteiger partial charge is 0.506 e. The average Bonchev–Trinajstić information content (AvgIpc) is 2.57. The van der Waals surface area contributed by atoms with Gasteiger partial charge in [0.15, 0.2) is 0 Å². The third-order valence-electron chi connectivity index (χ3n) is 3.72. The molecule has 28 heavy (non-hydrogen) atoms. The Bertz CT molecular complexity index is 906. The molecule has 0 aliphatic heterocycles. The van der Waals surface area contributed by atoms with Crippen molar-refractivity contribution in [3.8, 4) is 5.75 Å². The number of ether oxygens (including phenoxy) is 1. The second-order valence-corrected chi connectivity index (χ2v) is 7.30. The second-order valence-electron chi connectivity index (χ2n) is 7.30. The Kier molecular flexibility index (Phi) is 6.06. The summed E-state index contributed by atoms with van der Waals surface area (Å²) < 4.78 is 34.8. The lowest BCUT2D eigenvalue weighted by atomic mass is 10.2. The third-order valence-corrected chi connectivity index (χ3v) is 3.72. The molecule has 9 heteroatoms. The number of nitrogens with one attached hydrogen (secondary N) is 1. The minimum absolute atomic E-state index is 0.287. The van der Waals surface area contributed by atoms with E-state index in [2.05, 4.69) is 10.3 Å². The molecule has 2 aromatic rings. The van der Waals surface area contributed by atoms with Gasteiger partial charge in [0.1, 0.15) is 29.3 Å². The van der Waals surface area contributed by atoms with Gasteiger partial charge in [-0.15, -0.1) is 0 Å². The summed E-state index contributed by atoms with van der Waals surface area (Å²) in [6.07, 6.45) is 1.24. The number of pyridine rings is 2. The van der Waals surface area contributed by atoms with E-state index in [1.54, 1.807) is 20.8 Å². The Hall–Kier alpha value is -2.97. The SMILES string of the molecule is Cc1cc(O)c(NCC(F)(F)c2ccccn2)c(=O)n1CC(=O)OC(C)(C)C. The number of alkyl halides is 2. The molecule has 0 aliphatic carbocycles. The van der Waals surface area contributed by atoms with Gasteiger partial charge in [0.2, 0.25) is 0 Å². The summed E-state index contributed by atoms with van der Waals surface area (Å²) in [5.41, 5.74) is -2.15. The highest BCUT2D eigenvalue weighted by Gasteiger charge is 2.33. The minimum Gasteiger partial charge on any atom is -0.506 e. The second kappa shape index (κ2) is 7.95. The predicted molar refractivity (Wildman–Crippen MR) is 99.6 cm³/mol. The summed E-state index contributed by atoms with van der Waals surface area (Å²) in [5, 5.41) is 12.3. The molecule has 2 N–H and O–H groups in total. The highest BCUT2D eigenvalue weighted by molar-refractivity contribution is 5.70. The quantitative estimate of drug-likeness (QED) is 0.731. The number of anilines is 1. The number of carbonyl (C=O) groups is 1. The van der Waals surface area contributed by atoms with Gasteiger partial charge in [-0.25, -0.2) is 0 Å². The van der Waals surface area contributed by atoms with Crippen molar-refractivity contribution < 1.29 is 23.4 Å². The van der Waals surface area contributed by atoms with Crippen molar-refractivity contribution >= 4 is 11.7 Å². The zero-order chi connectivity index (χ0) is 21.1. The molecule has 152 valence electrons. The zero-order valence-electron chi connectivity index (χ0n) is 16.1. The van der Waals surface area contributed by atoms with Crippen LogP contribution in [-0.2, 0) is 22.0 Å². The fourth-order valence-corrected chi connectivity index (χ4v) is 2.49. The lowest BCUT2D eigenvalue weighted by molar-refractivity contribution is -0.155. The van der Waals surface area contributed by atoms with Crippen LogP contribution in [0.5, 0.6) is 5.75 Å². The summed E-state index contributed by atoms with van der Waals surface area (Å²) in [7, 11) is 0. The van der Waals surface area contributed by atoms with Gasteiger partial charge in [0.25, 0.3) is 5.56 Å². The minimum atomic E-state index is -3.37. The molecule has 2 rings (SSSR count). The van der Waals surface area contributed by atoms with E-state index in [0.717, 1.165) is 10.6 Å². The lowest BCUT2D eigenvalue weighted by Crippen LogP contribution is -2.34. The summed E-state index contributed by atoms with van der Waals surface area (Å²) in [6, 6.07) is 5.31. The van der Waals surface area contributed by atoms with E-state index in [-0.39, 0.29) is 5.69 Å². The highest BCUT2D eigenvalue weighted by atomic mass is 19.3. The first-order valence-corrected chi connectivity index (χ1v) is 8.59. The molecule has 0 amide bonds. The van der Waals surface area contributed by atoms with Crippen LogP contribution in [-0.4, -0.2) is 32.8 Å². The monoisotopic (exact) mass is 395 g/mol. The van der Waals surface area contributed by atoms with Gasteiger partial charge >= 0.3 is 11.9 Å². The van der Waals surface area contributed by atoms with Crippen molar-refractivity contribution in [1.29, 1.82) is 0 Å². The van der Waals surface area contributed by atoms with E-state index >= 15 is 0 Å². The fourth-order valence-electron chi connectivity index (χ4n) is 2.49. The van der Waals surface area contributed by atoms with E-state index in [9.17, 15) is 23.5 Å². The number of halogens is 2. The van der Waals surface area contributed by atoms with Crippen LogP contribution in [0.15, 0.2) is 35.3 Å². The van der Waals surface area contributed by atoms with Crippen LogP contribution in [0.3, 0.4) is 0 Å². The van der Waals surface area contributed by atoms with Crippen molar-refractivity contribution in [2.45, 2.75) is 45.8 Å². The number of hydrogen-bond donors (Lipinski definition) is 2. The molecule has 0 radical (unpaired) electrons. The third kappa shape index (κ3) is 5.28. The van der Waals surface area contributed by atoms with Crippen LogP contribution in [0.4, 0.5) is 14.5 Å². The van der Waals surface area contributed by atoms with Crippen LogP contribution in [0.1, 0.15) is 32.2 Å². The van der Waals surface area contributed by atoms with Crippen LogP contribution in [0.2, 0.25) is 0 Å². The Morgan fingerprint density at radius 2 is 2.00 bits per heavy atom. The Morgan fingerprint density at radius 1 is 1.32 bits per heavy atom. The van der Waals surface area contributed by atoms with Crippen molar-refractivity contribution in [1.82, 2.24) is 9.55 Å². The smallest absolute Gasteiger partial charge is 0.326 e. The molecule has 0 spiro atoms. The summed E-state index contributed by atoms with van der Waals surface area (Å²) in [5.74, 6) is -4.52. The number of esters is 1. The molecule has 7 nitrogen and oxygen atoms in total. The maximum Gasteiger partial charge on any atom is 0.326 e. The molecule has 0 aliphatic rings. The topological polar surface area (TPSA) is 93.5 Å². The van der Waals surface area contributed by atoms with E-state index in [0.29, 0.717) is 0 Å². The number of carbonyl (C=O) groups excluding carboxylic acids is 1. The maximum atomic E-state index is 14.3. The van der Waals surface area contributed by atoms with Crippen molar-refractivity contribution in [3.63, 3.8) is 0 Å². The van der Waals surface area contributed by atoms with Gasteiger partial charge in [-0.3, -0.25) is 19.1 Å². The summed E-state index contributed by atoms with van der Waals surface area (Å²) in [6.45, 7) is 5.20. The average molecular weight is 395 g/mol. The van der Waals surface area contributed by atoms with Crippen molar-refractivity contribution in [2.75, 3.05) is 11.9 Å². The lowest BCUT2D eigenvalue weighted by Gasteiger charge is -2.21. The van der Waals surface area contributed by atoms with Gasteiger partial charge in [0, 0.05) is 18.0 Å². The van der Waals surface area contributed by atoms with E-state index in [4.69, 9.17) is 4.74 Å². The van der Waals surface area contributed by atoms with Crippen LogP contribution in [0.25, 0.3) is 0 Å². The molecule has 0 aromatic carbocycles. The van der Waals surface area contributed by atoms with Crippen LogP contribution < -0.4 is 10.9 Å². The van der Waals surface area contributed by atoms with E-state index in [1.807, 2.05) is 0 Å². The molecular formula is C19H23F2N3O4. The molecule has 0 fully saturated rings. The van der Waals surface area contributed by atoms with Crippen molar-refractivity contribution in [3.05, 3.63) is 52.2 Å². The van der Waals surface area contributed by atoms with Gasteiger partial charge in [0.05, 0.1) is 6.54 Å². The number of aromatic hydroxyl groups is 1. The first-order valence-electron chi connectivity index (χ1n) is 8.59. The molecule has 0 bridgehead atoms. The molecule has 0 atom stereocenters. The van der Waals surface area contributed by atoms with Gasteiger partial charge in [-0.1, -0.05) is 6.07 Å². The number of rotatable bonds is 6. The summed E-state index contributed by atoms with van der Waals surface area (Å²) in [4.78, 5) is 28.3. The van der Waals surface area contributed by atoms with Crippen LogP contribution in [0, 0.1) is 6.92 Å². The zero-order valence-corrected chi connectivity index (χ0v) is 16.1. The standard InChI is InChI=1S/C19H23F2N3O4/c1-12-9-13(25)16(17(27)24(12)10-15(26)28-18(2,3)4)23-11-19(20,21)14-7-5-6-8-22-14/h5-9,23,25H,10-11H2,1-4H3. The Balaban J connectivity index is 2.26. The molecule has 0 saturated carbocycles. The maximum absolute atomic E-state index is 14.3. The first-order chi connectivity index (χ1) is 12.9. The van der Waals surface area contributed by atoms with Gasteiger partial charge < -0.3 is 15.2 Å². The normalized spacial score (nSPS) is 11.9. The summed E-state index contributed by atoms with van der Waals surface area (Å²) >= 11 is 0. The Labute approximate surface area is 161 Å². The molecule has 2 heterocycles. The molecular weight excluding hydrogens is 372 g/mol. The van der Waals surface area contributed by atoms with Gasteiger partial charge in [-0.05, 0) is 39.8 Å². The number of nitrogens with zero attached hydrogens (tertiary/aromatic N) is 2. The number of aryl methyl sites for hydroxylation is 1. The molecule has 0 unspecified atom stereocenters. The molecule has 2 aromatic heterocycles. The van der Waals surface area contributed by atoms with Crippen LogP contribution >= 0.6 is 0 Å². The number of aromatic nitrogens is 2. The highest BCUT2D eigenvalue weighted by Crippen LogP contribution is 2.28. The van der Waals surface area contributed by atoms with E-state index < -0.39 is 53.3 Å². The predicted octanol–water partition coefficient (Wildman–Crippen LogP) is 2.80. The fraction of sp³-hybridized carbons (Fsp3) is 0.421. The van der Waals surface area contributed by atoms with E-state index in [1.165, 1.54) is 31.3 Å². The Morgan fingerprint density at radius 3 is 2.57 bits per heavy atom. The van der Waals surface area contributed by atoms with Crippen molar-refractivity contribution in [2.24, 2.45) is 0 Å². The first kappa shape index (κ1) is 21.3. The van der Waals surface area contributed by atoms with Gasteiger partial charge in [-0.2, -0.15) is 8.78 Å². The molecule has 0 saturated heterocycles. The number of hydrogen-bond acceptors (Lipinski definition) is 6.